The van der Waals surface area contributed by atoms with E-state index in [9.17, 15) is 13.2 Å². The number of nitrogens with zero attached hydrogens (tertiary/aromatic N) is 1. The van der Waals surface area contributed by atoms with Crippen LogP contribution in [0, 0.1) is 0 Å². The molecule has 0 aliphatic carbocycles. The van der Waals surface area contributed by atoms with Crippen LogP contribution in [0.15, 0.2) is 24.3 Å². The van der Waals surface area contributed by atoms with Crippen LogP contribution in [0.2, 0.25) is 0 Å². The molecule has 0 aromatic heterocycles. The van der Waals surface area contributed by atoms with Gasteiger partial charge in [0.1, 0.15) is 5.25 Å². The smallest absolute Gasteiger partial charge is 0.242 e. The summed E-state index contributed by atoms with van der Waals surface area (Å²) in [6.45, 7) is 5.71. The van der Waals surface area contributed by atoms with Crippen molar-refractivity contribution in [3.8, 4) is 0 Å². The molecule has 0 radical (unpaired) electrons. The minimum Gasteiger partial charge on any atom is -0.325 e. The average molecular weight is 338 g/mol. The summed E-state index contributed by atoms with van der Waals surface area (Å²) in [5, 5.41) is 1.61. The van der Waals surface area contributed by atoms with Crippen molar-refractivity contribution < 1.29 is 13.2 Å². The van der Waals surface area contributed by atoms with Crippen LogP contribution in [0.5, 0.6) is 0 Å². The van der Waals surface area contributed by atoms with Gasteiger partial charge in [0.25, 0.3) is 0 Å². The Morgan fingerprint density at radius 1 is 1.30 bits per heavy atom. The van der Waals surface area contributed by atoms with Gasteiger partial charge in [0.05, 0.1) is 0 Å². The Balaban J connectivity index is 1.95. The van der Waals surface area contributed by atoms with Gasteiger partial charge in [-0.1, -0.05) is 18.6 Å². The average Bonchev–Trinajstić information content (AvgIpc) is 2.49. The van der Waals surface area contributed by atoms with Crippen LogP contribution in [0.25, 0.3) is 0 Å². The molecule has 5 nitrogen and oxygen atoms in total. The molecule has 1 aliphatic rings. The number of carbonyl (C=O) groups excluding carboxylic acids is 1. The molecule has 2 rings (SSSR count). The fraction of sp³-hybridized carbons (Fsp3) is 0.588. The van der Waals surface area contributed by atoms with E-state index in [1.807, 2.05) is 24.3 Å². The fourth-order valence-electron chi connectivity index (χ4n) is 2.76. The van der Waals surface area contributed by atoms with Gasteiger partial charge in [-0.25, -0.2) is 8.42 Å². The van der Waals surface area contributed by atoms with Crippen LogP contribution in [0.3, 0.4) is 0 Å². The summed E-state index contributed by atoms with van der Waals surface area (Å²) in [5.41, 5.74) is 1.83. The number of rotatable bonds is 5. The van der Waals surface area contributed by atoms with Crippen LogP contribution in [-0.4, -0.2) is 43.3 Å². The van der Waals surface area contributed by atoms with Gasteiger partial charge in [-0.15, -0.1) is 0 Å². The first kappa shape index (κ1) is 17.9. The van der Waals surface area contributed by atoms with Crippen molar-refractivity contribution in [1.82, 2.24) is 4.90 Å². The maximum Gasteiger partial charge on any atom is 0.242 e. The molecular formula is C17H26N2O3S. The lowest BCUT2D eigenvalue weighted by Gasteiger charge is -2.33. The lowest BCUT2D eigenvalue weighted by atomic mass is 10.0. The van der Waals surface area contributed by atoms with Crippen molar-refractivity contribution in [1.29, 1.82) is 0 Å². The van der Waals surface area contributed by atoms with Gasteiger partial charge >= 0.3 is 0 Å². The van der Waals surface area contributed by atoms with Crippen molar-refractivity contribution in [3.05, 3.63) is 29.8 Å². The lowest BCUT2D eigenvalue weighted by molar-refractivity contribution is -0.115. The normalized spacial score (nSPS) is 20.9. The molecule has 1 heterocycles. The first-order valence-corrected chi connectivity index (χ1v) is 10.1. The standard InChI is InChI=1S/C17H26N2O3S/c1-13-6-4-5-11-19(13)12-15-7-9-16(10-8-15)18-17(20)14(2)23(3,21)22/h7-10,13-14H,4-6,11-12H2,1-3H3,(H,18,20). The molecular weight excluding hydrogens is 312 g/mol. The van der Waals surface area contributed by atoms with Crippen molar-refractivity contribution in [2.75, 3.05) is 18.1 Å². The number of carbonyl (C=O) groups is 1. The first-order valence-electron chi connectivity index (χ1n) is 8.10. The van der Waals surface area contributed by atoms with Gasteiger partial charge < -0.3 is 5.32 Å². The van der Waals surface area contributed by atoms with E-state index < -0.39 is 21.0 Å². The van der Waals surface area contributed by atoms with Gasteiger partial charge in [-0.05, 0) is 50.9 Å². The highest BCUT2D eigenvalue weighted by molar-refractivity contribution is 7.92. The van der Waals surface area contributed by atoms with Crippen molar-refractivity contribution in [2.24, 2.45) is 0 Å². The Bertz CT molecular complexity index is 640. The summed E-state index contributed by atoms with van der Waals surface area (Å²) in [6, 6.07) is 8.25. The Morgan fingerprint density at radius 3 is 2.52 bits per heavy atom. The zero-order valence-corrected chi connectivity index (χ0v) is 14.9. The number of anilines is 1. The van der Waals surface area contributed by atoms with Crippen LogP contribution in [0.1, 0.15) is 38.7 Å². The zero-order chi connectivity index (χ0) is 17.0. The van der Waals surface area contributed by atoms with Crippen molar-refractivity contribution in [3.63, 3.8) is 0 Å². The maximum absolute atomic E-state index is 11.9. The third kappa shape index (κ3) is 5.04. The summed E-state index contributed by atoms with van der Waals surface area (Å²) in [6.07, 6.45) is 4.88. The Hall–Kier alpha value is -1.40. The topological polar surface area (TPSA) is 66.5 Å². The maximum atomic E-state index is 11.9. The Morgan fingerprint density at radius 2 is 1.96 bits per heavy atom. The third-order valence-electron chi connectivity index (χ3n) is 4.56. The van der Waals surface area contributed by atoms with Gasteiger partial charge in [-0.3, -0.25) is 9.69 Å². The molecule has 1 aromatic carbocycles. The van der Waals surface area contributed by atoms with E-state index in [-0.39, 0.29) is 0 Å². The Labute approximate surface area is 139 Å². The van der Waals surface area contributed by atoms with E-state index >= 15 is 0 Å². The summed E-state index contributed by atoms with van der Waals surface area (Å²) in [4.78, 5) is 14.4. The number of nitrogens with one attached hydrogen (secondary N) is 1. The van der Waals surface area contributed by atoms with Crippen LogP contribution >= 0.6 is 0 Å². The molecule has 128 valence electrons. The highest BCUT2D eigenvalue weighted by Gasteiger charge is 2.23. The van der Waals surface area contributed by atoms with Crippen molar-refractivity contribution >= 4 is 21.4 Å². The zero-order valence-electron chi connectivity index (χ0n) is 14.1. The minimum atomic E-state index is -3.37. The highest BCUT2D eigenvalue weighted by atomic mass is 32.2. The van der Waals surface area contributed by atoms with E-state index in [2.05, 4.69) is 17.1 Å². The predicted molar refractivity (Wildman–Crippen MR) is 93.1 cm³/mol. The van der Waals surface area contributed by atoms with E-state index in [1.54, 1.807) is 0 Å². The van der Waals surface area contributed by atoms with Gasteiger partial charge in [0.15, 0.2) is 9.84 Å². The first-order chi connectivity index (χ1) is 10.8. The molecule has 23 heavy (non-hydrogen) atoms. The Kier molecular flexibility index (Phi) is 5.81. The number of hydrogen-bond donors (Lipinski definition) is 1. The van der Waals surface area contributed by atoms with Crippen LogP contribution in [-0.2, 0) is 21.2 Å². The van der Waals surface area contributed by atoms with Crippen LogP contribution in [0.4, 0.5) is 5.69 Å². The predicted octanol–water partition coefficient (Wildman–Crippen LogP) is 2.43. The molecule has 2 unspecified atom stereocenters. The summed E-state index contributed by atoms with van der Waals surface area (Å²) in [7, 11) is -3.37. The number of hydrogen-bond acceptors (Lipinski definition) is 4. The second-order valence-corrected chi connectivity index (χ2v) is 8.84. The van der Waals surface area contributed by atoms with Crippen LogP contribution < -0.4 is 5.32 Å². The molecule has 1 aromatic rings. The largest absolute Gasteiger partial charge is 0.325 e. The highest BCUT2D eigenvalue weighted by Crippen LogP contribution is 2.20. The molecule has 1 aliphatic heterocycles. The SMILES string of the molecule is CC1CCCCN1Cc1ccc(NC(=O)C(C)S(C)(=O)=O)cc1. The monoisotopic (exact) mass is 338 g/mol. The van der Waals surface area contributed by atoms with Gasteiger partial charge in [-0.2, -0.15) is 0 Å². The third-order valence-corrected chi connectivity index (χ3v) is 6.06. The number of sulfone groups is 1. The molecule has 0 bridgehead atoms. The van der Waals surface area contributed by atoms with Crippen molar-refractivity contribution in [2.45, 2.75) is 50.9 Å². The van der Waals surface area contributed by atoms with E-state index in [1.165, 1.54) is 31.7 Å². The van der Waals surface area contributed by atoms with E-state index in [0.717, 1.165) is 19.3 Å². The summed E-state index contributed by atoms with van der Waals surface area (Å²) < 4.78 is 22.8. The molecule has 1 saturated heterocycles. The molecule has 0 saturated carbocycles. The van der Waals surface area contributed by atoms with E-state index in [4.69, 9.17) is 0 Å². The molecule has 1 fully saturated rings. The number of piperidine rings is 1. The second-order valence-electron chi connectivity index (χ2n) is 6.47. The quantitative estimate of drug-likeness (QED) is 0.895. The minimum absolute atomic E-state index is 0.495. The summed E-state index contributed by atoms with van der Waals surface area (Å²) >= 11 is 0. The molecule has 1 N–H and O–H groups in total. The number of likely N-dealkylation sites (tertiary alicyclic amines) is 1. The fourth-order valence-corrected chi connectivity index (χ4v) is 3.21. The molecule has 2 atom stereocenters. The lowest BCUT2D eigenvalue weighted by Crippen LogP contribution is -2.36. The second kappa shape index (κ2) is 7.45. The number of amides is 1. The molecule has 0 spiro atoms. The van der Waals surface area contributed by atoms with Gasteiger partial charge in [0, 0.05) is 24.5 Å². The molecule has 6 heteroatoms. The number of benzene rings is 1. The summed E-state index contributed by atoms with van der Waals surface area (Å²) in [5.74, 6) is -0.495. The molecule has 1 amide bonds. The van der Waals surface area contributed by atoms with E-state index in [0.29, 0.717) is 11.7 Å². The van der Waals surface area contributed by atoms with Gasteiger partial charge in [0.2, 0.25) is 5.91 Å².